The first-order valence-corrected chi connectivity index (χ1v) is 9.78. The number of nitrogens with one attached hydrogen (secondary N) is 1. The number of amides is 1. The molecule has 0 fully saturated rings. The number of rotatable bonds is 4. The number of carboxylic acids is 1. The minimum atomic E-state index is -4.81. The third-order valence-corrected chi connectivity index (χ3v) is 5.42. The quantitative estimate of drug-likeness (QED) is 0.496. The second-order valence-electron chi connectivity index (χ2n) is 7.34. The molecule has 0 saturated heterocycles. The molecule has 0 aromatic heterocycles. The van der Waals surface area contributed by atoms with E-state index in [4.69, 9.17) is 11.2 Å². The van der Waals surface area contributed by atoms with Gasteiger partial charge in [-0.05, 0) is 34.4 Å². The van der Waals surface area contributed by atoms with Gasteiger partial charge in [0.1, 0.15) is 6.61 Å². The zero-order valence-electron chi connectivity index (χ0n) is 16.9. The zero-order valence-corrected chi connectivity index (χ0v) is 16.9. The monoisotopic (exact) mass is 451 g/mol. The molecule has 0 saturated carbocycles. The van der Waals surface area contributed by atoms with Crippen LogP contribution in [0.1, 0.15) is 38.5 Å². The predicted octanol–water partition coefficient (Wildman–Crippen LogP) is 5.75. The number of halogens is 3. The Kier molecular flexibility index (Phi) is 5.56. The number of ether oxygens (including phenoxy) is 1. The van der Waals surface area contributed by atoms with E-state index in [2.05, 4.69) is 5.32 Å². The van der Waals surface area contributed by atoms with Crippen molar-refractivity contribution in [2.75, 3.05) is 11.9 Å². The second kappa shape index (κ2) is 8.36. The lowest BCUT2D eigenvalue weighted by molar-refractivity contribution is -0.137. The molecule has 0 unspecified atom stereocenters. The van der Waals surface area contributed by atoms with Gasteiger partial charge in [0.15, 0.2) is 0 Å². The molecule has 0 atom stereocenters. The Morgan fingerprint density at radius 2 is 1.61 bits per heavy atom. The molecule has 0 bridgehead atoms. The Labute approximate surface area is 186 Å². The number of fused-ring (bicyclic) bond motifs is 3. The highest BCUT2D eigenvalue weighted by atomic mass is 19.4. The first-order valence-electron chi connectivity index (χ1n) is 9.78. The van der Waals surface area contributed by atoms with E-state index in [1.165, 1.54) is 0 Å². The molecule has 0 heterocycles. The van der Waals surface area contributed by atoms with Crippen LogP contribution in [0.15, 0.2) is 60.7 Å². The van der Waals surface area contributed by atoms with Crippen LogP contribution in [0.3, 0.4) is 0 Å². The largest absolute Gasteiger partial charge is 0.478 e. The highest BCUT2D eigenvalue weighted by Gasteiger charge is 2.34. The fraction of sp³-hybridized carbons (Fsp3) is 0.120. The lowest BCUT2D eigenvalue weighted by Crippen LogP contribution is -2.21. The summed E-state index contributed by atoms with van der Waals surface area (Å²) in [5, 5.41) is 11.6. The number of hydrogen-bond acceptors (Lipinski definition) is 3. The number of anilines is 1. The van der Waals surface area contributed by atoms with Gasteiger partial charge in [0.05, 0.1) is 16.8 Å². The number of terminal acetylenes is 1. The van der Waals surface area contributed by atoms with Crippen LogP contribution in [0.2, 0.25) is 0 Å². The molecule has 2 N–H and O–H groups in total. The zero-order chi connectivity index (χ0) is 23.8. The van der Waals surface area contributed by atoms with Crippen molar-refractivity contribution >= 4 is 17.7 Å². The number of carbonyl (C=O) groups is 2. The fourth-order valence-corrected chi connectivity index (χ4v) is 3.96. The molecule has 3 aromatic carbocycles. The van der Waals surface area contributed by atoms with Crippen LogP contribution in [-0.2, 0) is 10.9 Å². The standard InChI is InChI=1S/C25H16F3NO4/c1-2-14-11-15(25(26,27)28)12-20(23(30)31)22(14)29-24(32)33-13-21-18-9-5-3-7-16(18)17-8-4-6-10-19(17)21/h1,3-12,21H,13H2,(H,29,32)(H,30,31). The molecule has 0 spiro atoms. The van der Waals surface area contributed by atoms with E-state index in [-0.39, 0.29) is 12.5 Å². The van der Waals surface area contributed by atoms with Crippen LogP contribution in [0.25, 0.3) is 11.1 Å². The number of aromatic carboxylic acids is 1. The molecular formula is C25H16F3NO4. The van der Waals surface area contributed by atoms with Gasteiger partial charge in [-0.15, -0.1) is 6.42 Å². The lowest BCUT2D eigenvalue weighted by atomic mass is 9.98. The summed E-state index contributed by atoms with van der Waals surface area (Å²) in [5.41, 5.74) is 1.11. The van der Waals surface area contributed by atoms with Crippen LogP contribution in [0.5, 0.6) is 0 Å². The van der Waals surface area contributed by atoms with Gasteiger partial charge in [0, 0.05) is 11.5 Å². The number of benzene rings is 3. The van der Waals surface area contributed by atoms with E-state index in [0.717, 1.165) is 22.3 Å². The SMILES string of the molecule is C#Cc1cc(C(F)(F)F)cc(C(=O)O)c1NC(=O)OCC1c2ccccc2-c2ccccc21. The molecule has 0 aliphatic heterocycles. The van der Waals surface area contributed by atoms with Gasteiger partial charge in [-0.3, -0.25) is 5.32 Å². The lowest BCUT2D eigenvalue weighted by Gasteiger charge is -2.17. The Morgan fingerprint density at radius 1 is 1.03 bits per heavy atom. The molecule has 1 aliphatic carbocycles. The average Bonchev–Trinajstić information content (AvgIpc) is 3.10. The maximum Gasteiger partial charge on any atom is 0.416 e. The molecule has 4 rings (SSSR count). The fourth-order valence-electron chi connectivity index (χ4n) is 3.96. The molecule has 33 heavy (non-hydrogen) atoms. The topological polar surface area (TPSA) is 75.6 Å². The predicted molar refractivity (Wildman–Crippen MR) is 115 cm³/mol. The van der Waals surface area contributed by atoms with Crippen molar-refractivity contribution in [1.82, 2.24) is 0 Å². The van der Waals surface area contributed by atoms with Crippen LogP contribution in [0.4, 0.5) is 23.7 Å². The van der Waals surface area contributed by atoms with Crippen molar-refractivity contribution in [2.45, 2.75) is 12.1 Å². The van der Waals surface area contributed by atoms with Crippen LogP contribution >= 0.6 is 0 Å². The summed E-state index contributed by atoms with van der Waals surface area (Å²) in [5.74, 6) is 0.0755. The second-order valence-corrected chi connectivity index (χ2v) is 7.34. The Bertz CT molecular complexity index is 1260. The minimum absolute atomic E-state index is 0.0612. The van der Waals surface area contributed by atoms with Crippen molar-refractivity contribution in [2.24, 2.45) is 0 Å². The van der Waals surface area contributed by atoms with Gasteiger partial charge in [-0.25, -0.2) is 9.59 Å². The summed E-state index contributed by atoms with van der Waals surface area (Å²) in [7, 11) is 0. The van der Waals surface area contributed by atoms with E-state index in [1.807, 2.05) is 54.5 Å². The van der Waals surface area contributed by atoms with Crippen molar-refractivity contribution in [3.63, 3.8) is 0 Å². The number of hydrogen-bond donors (Lipinski definition) is 2. The van der Waals surface area contributed by atoms with Gasteiger partial charge in [-0.2, -0.15) is 13.2 Å². The smallest absolute Gasteiger partial charge is 0.416 e. The molecule has 5 nitrogen and oxygen atoms in total. The molecule has 1 aliphatic rings. The van der Waals surface area contributed by atoms with Gasteiger partial charge >= 0.3 is 18.2 Å². The number of carbonyl (C=O) groups excluding carboxylic acids is 1. The van der Waals surface area contributed by atoms with Gasteiger partial charge in [0.25, 0.3) is 0 Å². The third kappa shape index (κ3) is 4.13. The molecule has 1 amide bonds. The Morgan fingerprint density at radius 3 is 2.12 bits per heavy atom. The first-order chi connectivity index (χ1) is 15.7. The van der Waals surface area contributed by atoms with Crippen LogP contribution in [-0.4, -0.2) is 23.8 Å². The summed E-state index contributed by atoms with van der Waals surface area (Å²) < 4.78 is 44.7. The summed E-state index contributed by atoms with van der Waals surface area (Å²) in [6.45, 7) is -0.0612. The Hall–Kier alpha value is -4.25. The van der Waals surface area contributed by atoms with Crippen LogP contribution in [0, 0.1) is 12.3 Å². The number of alkyl halides is 3. The van der Waals surface area contributed by atoms with E-state index in [9.17, 15) is 27.9 Å². The highest BCUT2D eigenvalue weighted by molar-refractivity contribution is 6.01. The average molecular weight is 451 g/mol. The summed E-state index contributed by atoms with van der Waals surface area (Å²) in [6.07, 6.45) is -0.554. The summed E-state index contributed by atoms with van der Waals surface area (Å²) in [4.78, 5) is 24.1. The van der Waals surface area contributed by atoms with Gasteiger partial charge < -0.3 is 9.84 Å². The van der Waals surface area contributed by atoms with Crippen molar-refractivity contribution in [3.05, 3.63) is 88.5 Å². The highest BCUT2D eigenvalue weighted by Crippen LogP contribution is 2.44. The van der Waals surface area contributed by atoms with Gasteiger partial charge in [-0.1, -0.05) is 54.5 Å². The normalized spacial score (nSPS) is 12.4. The molecule has 3 aromatic rings. The Balaban J connectivity index is 1.58. The van der Waals surface area contributed by atoms with Crippen molar-refractivity contribution < 1.29 is 32.6 Å². The van der Waals surface area contributed by atoms with Crippen molar-refractivity contribution in [1.29, 1.82) is 0 Å². The maximum absolute atomic E-state index is 13.1. The van der Waals surface area contributed by atoms with E-state index in [0.29, 0.717) is 12.1 Å². The third-order valence-electron chi connectivity index (χ3n) is 5.42. The summed E-state index contributed by atoms with van der Waals surface area (Å²) >= 11 is 0. The maximum atomic E-state index is 13.1. The minimum Gasteiger partial charge on any atom is -0.478 e. The first kappa shape index (κ1) is 22.0. The van der Waals surface area contributed by atoms with Gasteiger partial charge in [0.2, 0.25) is 0 Å². The molecular weight excluding hydrogens is 435 g/mol. The van der Waals surface area contributed by atoms with E-state index >= 15 is 0 Å². The summed E-state index contributed by atoms with van der Waals surface area (Å²) in [6, 6.07) is 16.4. The van der Waals surface area contributed by atoms with Crippen molar-refractivity contribution in [3.8, 4) is 23.5 Å². The number of carboxylic acid groups (broad SMARTS) is 1. The molecule has 166 valence electrons. The van der Waals surface area contributed by atoms with Crippen LogP contribution < -0.4 is 5.32 Å². The van der Waals surface area contributed by atoms with E-state index in [1.54, 1.807) is 0 Å². The molecule has 0 radical (unpaired) electrons. The van der Waals surface area contributed by atoms with E-state index < -0.39 is 40.6 Å². The molecule has 8 heteroatoms.